The summed E-state index contributed by atoms with van der Waals surface area (Å²) in [5.41, 5.74) is 4.92. The van der Waals surface area contributed by atoms with E-state index in [1.54, 1.807) is 0 Å². The van der Waals surface area contributed by atoms with Crippen LogP contribution in [0, 0.1) is 13.8 Å². The number of fused-ring (bicyclic) bond motifs is 1. The fourth-order valence-corrected chi connectivity index (χ4v) is 3.25. The first-order chi connectivity index (χ1) is 12.1. The minimum atomic E-state index is -0.0919. The van der Waals surface area contributed by atoms with E-state index in [2.05, 4.69) is 17.2 Å². The Balaban J connectivity index is 1.79. The summed E-state index contributed by atoms with van der Waals surface area (Å²) in [5, 5.41) is 13.5. The number of carbonyl (C=O) groups excluding carboxylic acids is 1. The quantitative estimate of drug-likeness (QED) is 0.643. The minimum absolute atomic E-state index is 0.0919. The van der Waals surface area contributed by atoms with E-state index in [1.165, 1.54) is 5.56 Å². The predicted molar refractivity (Wildman–Crippen MR) is 101 cm³/mol. The van der Waals surface area contributed by atoms with Gasteiger partial charge in [-0.2, -0.15) is 0 Å². The number of carbonyl (C=O) groups is 1. The summed E-state index contributed by atoms with van der Waals surface area (Å²) in [6, 6.07) is 15.8. The first-order valence-corrected chi connectivity index (χ1v) is 8.63. The average molecular weight is 336 g/mol. The molecule has 0 aliphatic rings. The van der Waals surface area contributed by atoms with Gasteiger partial charge in [0.1, 0.15) is 0 Å². The van der Waals surface area contributed by atoms with Crippen molar-refractivity contribution in [1.82, 2.24) is 10.3 Å². The number of aromatic amines is 1. The van der Waals surface area contributed by atoms with Crippen LogP contribution >= 0.6 is 0 Å². The SMILES string of the molecule is Cc1[nH]c2c(C(=O)NCC(CCO)c3ccccc3)cccc2c1C. The van der Waals surface area contributed by atoms with Crippen molar-refractivity contribution in [3.63, 3.8) is 0 Å². The normalized spacial score (nSPS) is 12.3. The van der Waals surface area contributed by atoms with E-state index in [0.717, 1.165) is 22.2 Å². The lowest BCUT2D eigenvalue weighted by atomic mass is 9.96. The van der Waals surface area contributed by atoms with Crippen molar-refractivity contribution in [2.24, 2.45) is 0 Å². The number of aliphatic hydroxyl groups is 1. The molecule has 1 atom stereocenters. The lowest BCUT2D eigenvalue weighted by molar-refractivity contribution is 0.0951. The number of amides is 1. The van der Waals surface area contributed by atoms with Gasteiger partial charge in [-0.15, -0.1) is 0 Å². The lowest BCUT2D eigenvalue weighted by Gasteiger charge is -2.17. The van der Waals surface area contributed by atoms with E-state index in [4.69, 9.17) is 0 Å². The highest BCUT2D eigenvalue weighted by Gasteiger charge is 2.16. The molecule has 3 N–H and O–H groups in total. The van der Waals surface area contributed by atoms with Gasteiger partial charge in [0.05, 0.1) is 11.1 Å². The highest BCUT2D eigenvalue weighted by Crippen LogP contribution is 2.24. The molecule has 2 aromatic carbocycles. The number of aliphatic hydroxyl groups excluding tert-OH is 1. The van der Waals surface area contributed by atoms with Gasteiger partial charge in [-0.3, -0.25) is 4.79 Å². The molecular formula is C21H24N2O2. The number of rotatable bonds is 6. The third-order valence-electron chi connectivity index (χ3n) is 4.85. The Labute approximate surface area is 147 Å². The van der Waals surface area contributed by atoms with E-state index in [0.29, 0.717) is 18.5 Å². The van der Waals surface area contributed by atoms with Gasteiger partial charge >= 0.3 is 0 Å². The Hall–Kier alpha value is -2.59. The number of hydrogen-bond donors (Lipinski definition) is 3. The summed E-state index contributed by atoms with van der Waals surface area (Å²) in [4.78, 5) is 16.0. The average Bonchev–Trinajstić information content (AvgIpc) is 2.93. The molecule has 1 heterocycles. The monoisotopic (exact) mass is 336 g/mol. The number of benzene rings is 2. The summed E-state index contributed by atoms with van der Waals surface area (Å²) in [6.07, 6.45) is 0.620. The van der Waals surface area contributed by atoms with Crippen LogP contribution in [-0.2, 0) is 0 Å². The number of aromatic nitrogens is 1. The molecule has 0 fully saturated rings. The third-order valence-corrected chi connectivity index (χ3v) is 4.85. The van der Waals surface area contributed by atoms with Crippen LogP contribution in [0.25, 0.3) is 10.9 Å². The van der Waals surface area contributed by atoms with Crippen molar-refractivity contribution < 1.29 is 9.90 Å². The second-order valence-electron chi connectivity index (χ2n) is 6.43. The standard InChI is InChI=1S/C21H24N2O2/c1-14-15(2)23-20-18(14)9-6-10-19(20)21(25)22-13-17(11-12-24)16-7-4-3-5-8-16/h3-10,17,23-24H,11-13H2,1-2H3,(H,22,25). The molecule has 1 unspecified atom stereocenters. The molecule has 3 aromatic rings. The molecule has 4 heteroatoms. The second-order valence-corrected chi connectivity index (χ2v) is 6.43. The molecule has 0 bridgehead atoms. The van der Waals surface area contributed by atoms with Gasteiger partial charge in [0.15, 0.2) is 0 Å². The Kier molecular flexibility index (Phi) is 5.19. The summed E-state index contributed by atoms with van der Waals surface area (Å²) >= 11 is 0. The molecule has 0 radical (unpaired) electrons. The highest BCUT2D eigenvalue weighted by atomic mass is 16.3. The van der Waals surface area contributed by atoms with E-state index in [1.807, 2.05) is 55.5 Å². The number of H-pyrrole nitrogens is 1. The molecule has 1 aromatic heterocycles. The van der Waals surface area contributed by atoms with Gasteiger partial charge in [-0.05, 0) is 37.5 Å². The van der Waals surface area contributed by atoms with E-state index >= 15 is 0 Å². The summed E-state index contributed by atoms with van der Waals surface area (Å²) in [6.45, 7) is 4.67. The van der Waals surface area contributed by atoms with Crippen LogP contribution in [0.3, 0.4) is 0 Å². The summed E-state index contributed by atoms with van der Waals surface area (Å²) in [7, 11) is 0. The Morgan fingerprint density at radius 2 is 1.88 bits per heavy atom. The third kappa shape index (κ3) is 3.59. The van der Waals surface area contributed by atoms with Crippen molar-refractivity contribution in [3.8, 4) is 0 Å². The molecule has 3 rings (SSSR count). The van der Waals surface area contributed by atoms with Gasteiger partial charge in [0.2, 0.25) is 0 Å². The predicted octanol–water partition coefficient (Wildman–Crippen LogP) is 3.68. The molecule has 0 aliphatic heterocycles. The van der Waals surface area contributed by atoms with Gasteiger partial charge in [0.25, 0.3) is 5.91 Å². The minimum Gasteiger partial charge on any atom is -0.396 e. The number of nitrogens with one attached hydrogen (secondary N) is 2. The zero-order chi connectivity index (χ0) is 17.8. The molecule has 0 saturated heterocycles. The Bertz CT molecular complexity index is 868. The Morgan fingerprint density at radius 3 is 2.60 bits per heavy atom. The summed E-state index contributed by atoms with van der Waals surface area (Å²) in [5.74, 6) is 0.00666. The van der Waals surface area contributed by atoms with E-state index in [-0.39, 0.29) is 18.4 Å². The zero-order valence-electron chi connectivity index (χ0n) is 14.7. The zero-order valence-corrected chi connectivity index (χ0v) is 14.7. The molecule has 0 saturated carbocycles. The molecule has 0 spiro atoms. The molecule has 4 nitrogen and oxygen atoms in total. The van der Waals surface area contributed by atoms with Crippen LogP contribution in [0.15, 0.2) is 48.5 Å². The van der Waals surface area contributed by atoms with E-state index in [9.17, 15) is 9.90 Å². The summed E-state index contributed by atoms with van der Waals surface area (Å²) < 4.78 is 0. The topological polar surface area (TPSA) is 65.1 Å². The molecule has 130 valence electrons. The van der Waals surface area contributed by atoms with Crippen LogP contribution < -0.4 is 5.32 Å². The maximum Gasteiger partial charge on any atom is 0.253 e. The van der Waals surface area contributed by atoms with Gasteiger partial charge in [-0.1, -0.05) is 42.5 Å². The molecule has 25 heavy (non-hydrogen) atoms. The van der Waals surface area contributed by atoms with Crippen molar-refractivity contribution in [3.05, 3.63) is 70.9 Å². The Morgan fingerprint density at radius 1 is 1.12 bits per heavy atom. The maximum atomic E-state index is 12.7. The van der Waals surface area contributed by atoms with Gasteiger partial charge in [-0.25, -0.2) is 0 Å². The molecular weight excluding hydrogens is 312 g/mol. The first kappa shape index (κ1) is 17.2. The van der Waals surface area contributed by atoms with Crippen LogP contribution in [-0.4, -0.2) is 29.1 Å². The lowest BCUT2D eigenvalue weighted by Crippen LogP contribution is -2.29. The number of aryl methyl sites for hydroxylation is 2. The number of hydrogen-bond acceptors (Lipinski definition) is 2. The fourth-order valence-electron chi connectivity index (χ4n) is 3.25. The van der Waals surface area contributed by atoms with Crippen molar-refractivity contribution in [2.75, 3.05) is 13.2 Å². The fraction of sp³-hybridized carbons (Fsp3) is 0.286. The molecule has 1 amide bonds. The van der Waals surface area contributed by atoms with Crippen LogP contribution in [0.5, 0.6) is 0 Å². The second kappa shape index (κ2) is 7.53. The van der Waals surface area contributed by atoms with Crippen molar-refractivity contribution >= 4 is 16.8 Å². The molecule has 0 aliphatic carbocycles. The van der Waals surface area contributed by atoms with Crippen LogP contribution in [0.1, 0.15) is 39.5 Å². The van der Waals surface area contributed by atoms with E-state index < -0.39 is 0 Å². The van der Waals surface area contributed by atoms with Crippen molar-refractivity contribution in [2.45, 2.75) is 26.2 Å². The van der Waals surface area contributed by atoms with Crippen LogP contribution in [0.4, 0.5) is 0 Å². The van der Waals surface area contributed by atoms with Gasteiger partial charge < -0.3 is 15.4 Å². The maximum absolute atomic E-state index is 12.7. The van der Waals surface area contributed by atoms with Crippen molar-refractivity contribution in [1.29, 1.82) is 0 Å². The van der Waals surface area contributed by atoms with Gasteiger partial charge in [0, 0.05) is 30.1 Å². The highest BCUT2D eigenvalue weighted by molar-refractivity contribution is 6.06. The largest absolute Gasteiger partial charge is 0.396 e. The number of para-hydroxylation sites is 1. The smallest absolute Gasteiger partial charge is 0.253 e. The van der Waals surface area contributed by atoms with Crippen LogP contribution in [0.2, 0.25) is 0 Å². The first-order valence-electron chi connectivity index (χ1n) is 8.63.